The average Bonchev–Trinajstić information content (AvgIpc) is 4.07. The summed E-state index contributed by atoms with van der Waals surface area (Å²) < 4.78 is 7.06. The van der Waals surface area contributed by atoms with Gasteiger partial charge in [0, 0.05) is 54.7 Å². The van der Waals surface area contributed by atoms with Crippen molar-refractivity contribution >= 4 is 65.4 Å². The summed E-state index contributed by atoms with van der Waals surface area (Å²) in [5.41, 5.74) is 15.1. The Balaban J connectivity index is 1.03. The van der Waals surface area contributed by atoms with E-state index >= 15 is 0 Å². The molecule has 4 heterocycles. The van der Waals surface area contributed by atoms with Crippen molar-refractivity contribution in [3.63, 3.8) is 0 Å². The standard InChI is InChI=1S/C63H40N6/c1-3-17-41(18-4-1)42-31-33-44(34-32-42)61-64-62(45-35-37-46(38-36-45)67-55-27-13-8-22-48(55)49-23-9-14-28-56(49)67)66-63(65-61)69-58-30-16-11-25-51(58)53-40-39-52-50-24-10-15-29-57(50)68(59(52)60(53)69)54-26-12-7-21-47(54)43-19-5-2-6-20-43/h1-40H. The molecule has 4 aromatic heterocycles. The maximum absolute atomic E-state index is 5.48. The highest BCUT2D eigenvalue weighted by molar-refractivity contribution is 6.24. The number of para-hydroxylation sites is 5. The normalized spacial score (nSPS) is 11.8. The fourth-order valence-corrected chi connectivity index (χ4v) is 10.6. The molecule has 6 heteroatoms. The molecular weight excluding hydrogens is 841 g/mol. The Kier molecular flexibility index (Phi) is 8.79. The van der Waals surface area contributed by atoms with E-state index in [4.69, 9.17) is 15.0 Å². The zero-order valence-corrected chi connectivity index (χ0v) is 37.3. The number of aromatic nitrogens is 6. The van der Waals surface area contributed by atoms with Gasteiger partial charge in [0.1, 0.15) is 0 Å². The van der Waals surface area contributed by atoms with Gasteiger partial charge in [-0.3, -0.25) is 4.57 Å². The maximum atomic E-state index is 5.48. The molecule has 0 spiro atoms. The number of nitrogens with zero attached hydrogens (tertiary/aromatic N) is 6. The van der Waals surface area contributed by atoms with E-state index < -0.39 is 0 Å². The molecule has 0 bridgehead atoms. The summed E-state index contributed by atoms with van der Waals surface area (Å²) in [7, 11) is 0. The van der Waals surface area contributed by atoms with E-state index in [2.05, 4.69) is 250 Å². The summed E-state index contributed by atoms with van der Waals surface area (Å²) in [4.78, 5) is 16.2. The van der Waals surface area contributed by atoms with Crippen LogP contribution in [0.15, 0.2) is 243 Å². The SMILES string of the molecule is c1ccc(-c2ccc(-c3nc(-c4ccc(-n5c6ccccc6c6ccccc65)cc4)nc(-n4c5ccccc5c5ccc6c7ccccc7n(-c7ccccc7-c7ccccc7)c6c54)n3)cc2)cc1. The minimum Gasteiger partial charge on any atom is -0.309 e. The molecule has 0 saturated heterocycles. The lowest BCUT2D eigenvalue weighted by atomic mass is 10.0. The van der Waals surface area contributed by atoms with E-state index in [1.54, 1.807) is 0 Å². The third-order valence-electron chi connectivity index (χ3n) is 13.7. The highest BCUT2D eigenvalue weighted by Gasteiger charge is 2.25. The number of hydrogen-bond acceptors (Lipinski definition) is 3. The molecule has 0 aliphatic rings. The van der Waals surface area contributed by atoms with Crippen LogP contribution in [0.3, 0.4) is 0 Å². The molecule has 10 aromatic carbocycles. The van der Waals surface area contributed by atoms with Crippen molar-refractivity contribution in [1.82, 2.24) is 28.7 Å². The van der Waals surface area contributed by atoms with Crippen LogP contribution in [0.25, 0.3) is 128 Å². The van der Waals surface area contributed by atoms with E-state index in [0.29, 0.717) is 17.6 Å². The highest BCUT2D eigenvalue weighted by Crippen LogP contribution is 2.43. The van der Waals surface area contributed by atoms with Gasteiger partial charge in [-0.2, -0.15) is 9.97 Å². The molecule has 0 fully saturated rings. The third kappa shape index (κ3) is 6.16. The zero-order valence-electron chi connectivity index (χ0n) is 37.3. The molecule has 0 aliphatic heterocycles. The van der Waals surface area contributed by atoms with Crippen LogP contribution in [-0.4, -0.2) is 28.7 Å². The molecule has 14 aromatic rings. The zero-order chi connectivity index (χ0) is 45.4. The first-order chi connectivity index (χ1) is 34.2. The van der Waals surface area contributed by atoms with Crippen molar-refractivity contribution in [3.8, 4) is 62.4 Å². The largest absolute Gasteiger partial charge is 0.309 e. The van der Waals surface area contributed by atoms with Crippen LogP contribution in [0, 0.1) is 0 Å². The second-order valence-corrected chi connectivity index (χ2v) is 17.6. The number of rotatable bonds is 7. The van der Waals surface area contributed by atoms with Gasteiger partial charge in [0.2, 0.25) is 5.95 Å². The van der Waals surface area contributed by atoms with E-state index in [1.165, 1.54) is 16.2 Å². The lowest BCUT2D eigenvalue weighted by Gasteiger charge is -2.16. The molecule has 0 N–H and O–H groups in total. The molecule has 0 unspecified atom stereocenters. The van der Waals surface area contributed by atoms with Gasteiger partial charge >= 0.3 is 0 Å². The lowest BCUT2D eigenvalue weighted by Crippen LogP contribution is -2.07. The Labute approximate surface area is 397 Å². The van der Waals surface area contributed by atoms with Gasteiger partial charge < -0.3 is 9.13 Å². The first kappa shape index (κ1) is 38.8. The quantitative estimate of drug-likeness (QED) is 0.160. The molecule has 6 nitrogen and oxygen atoms in total. The first-order valence-electron chi connectivity index (χ1n) is 23.4. The number of hydrogen-bond donors (Lipinski definition) is 0. The van der Waals surface area contributed by atoms with Crippen LogP contribution < -0.4 is 0 Å². The lowest BCUT2D eigenvalue weighted by molar-refractivity contribution is 0.953. The summed E-state index contributed by atoms with van der Waals surface area (Å²) in [6.45, 7) is 0. The van der Waals surface area contributed by atoms with Crippen LogP contribution >= 0.6 is 0 Å². The molecule has 0 aliphatic carbocycles. The van der Waals surface area contributed by atoms with Crippen LogP contribution in [0.2, 0.25) is 0 Å². The van der Waals surface area contributed by atoms with Gasteiger partial charge in [-0.15, -0.1) is 0 Å². The molecule has 0 radical (unpaired) electrons. The summed E-state index contributed by atoms with van der Waals surface area (Å²) >= 11 is 0. The van der Waals surface area contributed by atoms with E-state index in [-0.39, 0.29) is 0 Å². The van der Waals surface area contributed by atoms with Gasteiger partial charge in [-0.1, -0.05) is 188 Å². The van der Waals surface area contributed by atoms with Gasteiger partial charge in [-0.25, -0.2) is 4.98 Å². The van der Waals surface area contributed by atoms with Crippen LogP contribution in [0.1, 0.15) is 0 Å². The Morgan fingerprint density at radius 1 is 0.246 bits per heavy atom. The molecule has 69 heavy (non-hydrogen) atoms. The number of fused-ring (bicyclic) bond motifs is 10. The van der Waals surface area contributed by atoms with Gasteiger partial charge in [0.05, 0.1) is 38.8 Å². The van der Waals surface area contributed by atoms with Crippen molar-refractivity contribution in [3.05, 3.63) is 243 Å². The summed E-state index contributed by atoms with van der Waals surface area (Å²) in [6.07, 6.45) is 0. The predicted molar refractivity (Wildman–Crippen MR) is 285 cm³/mol. The molecule has 14 rings (SSSR count). The minimum absolute atomic E-state index is 0.542. The maximum Gasteiger partial charge on any atom is 0.238 e. The minimum atomic E-state index is 0.542. The van der Waals surface area contributed by atoms with Crippen LogP contribution in [-0.2, 0) is 0 Å². The summed E-state index contributed by atoms with van der Waals surface area (Å²) in [5.74, 6) is 1.72. The van der Waals surface area contributed by atoms with E-state index in [0.717, 1.165) is 94.0 Å². The molecule has 322 valence electrons. The highest BCUT2D eigenvalue weighted by atomic mass is 15.2. The van der Waals surface area contributed by atoms with Crippen molar-refractivity contribution < 1.29 is 0 Å². The van der Waals surface area contributed by atoms with Crippen molar-refractivity contribution in [2.45, 2.75) is 0 Å². The molecule has 0 amide bonds. The first-order valence-corrected chi connectivity index (χ1v) is 23.4. The fourth-order valence-electron chi connectivity index (χ4n) is 10.6. The van der Waals surface area contributed by atoms with E-state index in [1.807, 2.05) is 6.07 Å². The number of benzene rings is 10. The third-order valence-corrected chi connectivity index (χ3v) is 13.7. The Hall–Kier alpha value is -9.39. The van der Waals surface area contributed by atoms with Gasteiger partial charge in [-0.05, 0) is 71.3 Å². The Morgan fingerprint density at radius 2 is 0.638 bits per heavy atom. The fraction of sp³-hybridized carbons (Fsp3) is 0. The smallest absolute Gasteiger partial charge is 0.238 e. The Morgan fingerprint density at radius 3 is 1.20 bits per heavy atom. The second-order valence-electron chi connectivity index (χ2n) is 17.6. The van der Waals surface area contributed by atoms with E-state index in [9.17, 15) is 0 Å². The van der Waals surface area contributed by atoms with Gasteiger partial charge in [0.15, 0.2) is 11.6 Å². The molecule has 0 saturated carbocycles. The van der Waals surface area contributed by atoms with Crippen LogP contribution in [0.5, 0.6) is 0 Å². The van der Waals surface area contributed by atoms with Crippen molar-refractivity contribution in [2.75, 3.05) is 0 Å². The Bertz CT molecular complexity index is 4220. The second kappa shape index (κ2) is 15.6. The van der Waals surface area contributed by atoms with Crippen molar-refractivity contribution in [1.29, 1.82) is 0 Å². The van der Waals surface area contributed by atoms with Crippen molar-refractivity contribution in [2.24, 2.45) is 0 Å². The molecular formula is C63H40N6. The molecule has 0 atom stereocenters. The predicted octanol–water partition coefficient (Wildman–Crippen LogP) is 15.8. The monoisotopic (exact) mass is 880 g/mol. The topological polar surface area (TPSA) is 53.5 Å². The summed E-state index contributed by atoms with van der Waals surface area (Å²) in [5, 5.41) is 7.01. The summed E-state index contributed by atoms with van der Waals surface area (Å²) in [6, 6.07) is 86.2. The van der Waals surface area contributed by atoms with Gasteiger partial charge in [0.25, 0.3) is 0 Å². The van der Waals surface area contributed by atoms with Crippen LogP contribution in [0.4, 0.5) is 0 Å². The average molecular weight is 881 g/mol.